The number of ether oxygens (including phenoxy) is 1. The van der Waals surface area contributed by atoms with Gasteiger partial charge in [0.2, 0.25) is 0 Å². The molecule has 0 bridgehead atoms. The Morgan fingerprint density at radius 1 is 0.889 bits per heavy atom. The Morgan fingerprint density at radius 2 is 1.56 bits per heavy atom. The standard InChI is InChI=1S/C22H22ClNO2.ClH/c23-20-12-10-17(11-13-20)16-26-22-9-5-4-8-19(22)14-24-15-21(25)18-6-2-1-3-7-18;/h1-13,21,24-25H,14-16H2;1H. The first-order chi connectivity index (χ1) is 12.7. The zero-order valence-electron chi connectivity index (χ0n) is 14.8. The molecule has 0 saturated carbocycles. The first-order valence-electron chi connectivity index (χ1n) is 8.61. The van der Waals surface area contributed by atoms with E-state index >= 15 is 0 Å². The summed E-state index contributed by atoms with van der Waals surface area (Å²) >= 11 is 5.91. The van der Waals surface area contributed by atoms with E-state index in [1.807, 2.05) is 78.9 Å². The van der Waals surface area contributed by atoms with Crippen LogP contribution in [0.1, 0.15) is 22.8 Å². The molecule has 0 heterocycles. The second-order valence-corrected chi connectivity index (χ2v) is 6.52. The summed E-state index contributed by atoms with van der Waals surface area (Å²) in [5.74, 6) is 0.837. The fourth-order valence-corrected chi connectivity index (χ4v) is 2.79. The van der Waals surface area contributed by atoms with Crippen molar-refractivity contribution in [3.8, 4) is 5.75 Å². The van der Waals surface area contributed by atoms with Gasteiger partial charge in [-0.1, -0.05) is 72.3 Å². The van der Waals surface area contributed by atoms with E-state index in [9.17, 15) is 5.11 Å². The number of nitrogens with one attached hydrogen (secondary N) is 1. The maximum Gasteiger partial charge on any atom is 0.124 e. The van der Waals surface area contributed by atoms with Crippen LogP contribution in [0.2, 0.25) is 5.02 Å². The van der Waals surface area contributed by atoms with E-state index < -0.39 is 6.10 Å². The number of benzene rings is 3. The summed E-state index contributed by atoms with van der Waals surface area (Å²) in [7, 11) is 0. The van der Waals surface area contributed by atoms with E-state index in [0.717, 1.165) is 27.5 Å². The van der Waals surface area contributed by atoms with Crippen molar-refractivity contribution in [2.24, 2.45) is 0 Å². The maximum atomic E-state index is 10.2. The van der Waals surface area contributed by atoms with Crippen molar-refractivity contribution in [2.45, 2.75) is 19.3 Å². The predicted octanol–water partition coefficient (Wildman–Crippen LogP) is 5.16. The molecular formula is C22H23Cl2NO2. The van der Waals surface area contributed by atoms with Gasteiger partial charge in [-0.15, -0.1) is 12.4 Å². The highest BCUT2D eigenvalue weighted by molar-refractivity contribution is 6.30. The van der Waals surface area contributed by atoms with Crippen molar-refractivity contribution in [2.75, 3.05) is 6.54 Å². The second kappa shape index (κ2) is 11.0. The molecular weight excluding hydrogens is 381 g/mol. The van der Waals surface area contributed by atoms with Gasteiger partial charge in [-0.2, -0.15) is 0 Å². The molecule has 1 atom stereocenters. The Kier molecular flexibility index (Phi) is 8.62. The van der Waals surface area contributed by atoms with Gasteiger partial charge in [0.25, 0.3) is 0 Å². The number of para-hydroxylation sites is 1. The third-order valence-corrected chi connectivity index (χ3v) is 4.37. The minimum atomic E-state index is -0.529. The smallest absolute Gasteiger partial charge is 0.124 e. The fraction of sp³-hybridized carbons (Fsp3) is 0.182. The predicted molar refractivity (Wildman–Crippen MR) is 113 cm³/mol. The summed E-state index contributed by atoms with van der Waals surface area (Å²) in [5, 5.41) is 14.3. The Bertz CT molecular complexity index is 810. The van der Waals surface area contributed by atoms with Crippen molar-refractivity contribution < 1.29 is 9.84 Å². The lowest BCUT2D eigenvalue weighted by Gasteiger charge is -2.15. The Morgan fingerprint density at radius 3 is 2.30 bits per heavy atom. The first kappa shape index (κ1) is 21.3. The van der Waals surface area contributed by atoms with Gasteiger partial charge < -0.3 is 15.2 Å². The van der Waals surface area contributed by atoms with Crippen molar-refractivity contribution in [3.63, 3.8) is 0 Å². The lowest BCUT2D eigenvalue weighted by atomic mass is 10.1. The van der Waals surface area contributed by atoms with Crippen LogP contribution < -0.4 is 10.1 Å². The lowest BCUT2D eigenvalue weighted by molar-refractivity contribution is 0.174. The highest BCUT2D eigenvalue weighted by Crippen LogP contribution is 2.20. The third kappa shape index (κ3) is 6.56. The van der Waals surface area contributed by atoms with E-state index in [2.05, 4.69) is 5.32 Å². The number of hydrogen-bond acceptors (Lipinski definition) is 3. The average molecular weight is 404 g/mol. The topological polar surface area (TPSA) is 41.5 Å². The van der Waals surface area contributed by atoms with E-state index in [0.29, 0.717) is 19.7 Å². The van der Waals surface area contributed by atoms with Gasteiger partial charge in [-0.25, -0.2) is 0 Å². The molecule has 2 N–H and O–H groups in total. The molecule has 0 saturated heterocycles. The molecule has 3 aromatic carbocycles. The van der Waals surface area contributed by atoms with Gasteiger partial charge in [0.05, 0.1) is 6.10 Å². The molecule has 5 heteroatoms. The van der Waals surface area contributed by atoms with Crippen molar-refractivity contribution in [1.82, 2.24) is 5.32 Å². The first-order valence-corrected chi connectivity index (χ1v) is 8.99. The second-order valence-electron chi connectivity index (χ2n) is 6.08. The number of rotatable bonds is 8. The van der Waals surface area contributed by atoms with Crippen LogP contribution in [0.5, 0.6) is 5.75 Å². The molecule has 3 nitrogen and oxygen atoms in total. The van der Waals surface area contributed by atoms with Crippen LogP contribution in [0.4, 0.5) is 0 Å². The quantitative estimate of drug-likeness (QED) is 0.545. The van der Waals surface area contributed by atoms with Crippen molar-refractivity contribution in [1.29, 1.82) is 0 Å². The Labute approximate surface area is 171 Å². The normalized spacial score (nSPS) is 11.5. The van der Waals surface area contributed by atoms with Gasteiger partial charge in [0, 0.05) is 23.7 Å². The molecule has 0 aliphatic carbocycles. The number of halogens is 2. The molecule has 0 spiro atoms. The summed E-state index contributed by atoms with van der Waals surface area (Å²) in [6.45, 7) is 1.59. The number of aliphatic hydroxyl groups is 1. The summed E-state index contributed by atoms with van der Waals surface area (Å²) in [5.41, 5.74) is 3.03. The number of hydrogen-bond donors (Lipinski definition) is 2. The Hall–Kier alpha value is -2.04. The van der Waals surface area contributed by atoms with Crippen molar-refractivity contribution in [3.05, 3.63) is 101 Å². The zero-order valence-corrected chi connectivity index (χ0v) is 16.4. The van der Waals surface area contributed by atoms with Crippen LogP contribution in [0.25, 0.3) is 0 Å². The van der Waals surface area contributed by atoms with Crippen LogP contribution >= 0.6 is 24.0 Å². The molecule has 3 rings (SSSR count). The largest absolute Gasteiger partial charge is 0.489 e. The van der Waals surface area contributed by atoms with E-state index in [-0.39, 0.29) is 12.4 Å². The molecule has 0 aromatic heterocycles. The van der Waals surface area contributed by atoms with Gasteiger partial charge in [0.1, 0.15) is 12.4 Å². The molecule has 0 amide bonds. The van der Waals surface area contributed by atoms with E-state index in [1.54, 1.807) is 0 Å². The van der Waals surface area contributed by atoms with Crippen LogP contribution in [-0.4, -0.2) is 11.7 Å². The van der Waals surface area contributed by atoms with Crippen molar-refractivity contribution >= 4 is 24.0 Å². The van der Waals surface area contributed by atoms with Crippen LogP contribution in [0.15, 0.2) is 78.9 Å². The molecule has 0 fully saturated rings. The van der Waals surface area contributed by atoms with Gasteiger partial charge in [0.15, 0.2) is 0 Å². The number of aliphatic hydroxyl groups excluding tert-OH is 1. The summed E-state index contributed by atoms with van der Waals surface area (Å²) in [4.78, 5) is 0. The minimum absolute atomic E-state index is 0. The summed E-state index contributed by atoms with van der Waals surface area (Å²) in [6, 6.07) is 25.2. The van der Waals surface area contributed by atoms with Gasteiger partial charge in [-0.3, -0.25) is 0 Å². The average Bonchev–Trinajstić information content (AvgIpc) is 2.69. The zero-order chi connectivity index (χ0) is 18.2. The van der Waals surface area contributed by atoms with Crippen LogP contribution in [0.3, 0.4) is 0 Å². The molecule has 27 heavy (non-hydrogen) atoms. The molecule has 0 aliphatic heterocycles. The maximum absolute atomic E-state index is 10.2. The molecule has 0 radical (unpaired) electrons. The summed E-state index contributed by atoms with van der Waals surface area (Å²) < 4.78 is 5.96. The lowest BCUT2D eigenvalue weighted by Crippen LogP contribution is -2.21. The Balaban J connectivity index is 0.00000261. The molecule has 3 aromatic rings. The van der Waals surface area contributed by atoms with Crippen LogP contribution in [-0.2, 0) is 13.2 Å². The van der Waals surface area contributed by atoms with Gasteiger partial charge in [-0.05, 0) is 29.3 Å². The molecule has 1 unspecified atom stereocenters. The van der Waals surface area contributed by atoms with E-state index in [4.69, 9.17) is 16.3 Å². The monoisotopic (exact) mass is 403 g/mol. The van der Waals surface area contributed by atoms with Gasteiger partial charge >= 0.3 is 0 Å². The highest BCUT2D eigenvalue weighted by atomic mass is 35.5. The van der Waals surface area contributed by atoms with E-state index in [1.165, 1.54) is 0 Å². The third-order valence-electron chi connectivity index (χ3n) is 4.12. The molecule has 0 aliphatic rings. The fourth-order valence-electron chi connectivity index (χ4n) is 2.67. The minimum Gasteiger partial charge on any atom is -0.489 e. The summed E-state index contributed by atoms with van der Waals surface area (Å²) in [6.07, 6.45) is -0.529. The SMILES string of the molecule is Cl.OC(CNCc1ccccc1OCc1ccc(Cl)cc1)c1ccccc1. The van der Waals surface area contributed by atoms with Crippen LogP contribution in [0, 0.1) is 0 Å². The highest BCUT2D eigenvalue weighted by Gasteiger charge is 2.08. The molecule has 142 valence electrons.